The van der Waals surface area contributed by atoms with E-state index in [1.54, 1.807) is 23.1 Å². The van der Waals surface area contributed by atoms with Gasteiger partial charge < -0.3 is 5.11 Å². The highest BCUT2D eigenvalue weighted by Gasteiger charge is 2.10. The lowest BCUT2D eigenvalue weighted by Gasteiger charge is -2.03. The first-order chi connectivity index (χ1) is 8.16. The molecule has 88 valence electrons. The number of aromatic carboxylic acids is 1. The fourth-order valence-electron chi connectivity index (χ4n) is 1.62. The van der Waals surface area contributed by atoms with Crippen LogP contribution in [0.25, 0.3) is 0 Å². The molecular weight excluding hydrogens is 218 g/mol. The Morgan fingerprint density at radius 2 is 2.35 bits per heavy atom. The van der Waals surface area contributed by atoms with Crippen molar-refractivity contribution in [3.05, 3.63) is 47.5 Å². The van der Waals surface area contributed by atoms with Gasteiger partial charge in [0.1, 0.15) is 0 Å². The summed E-state index contributed by atoms with van der Waals surface area (Å²) >= 11 is 0. The van der Waals surface area contributed by atoms with Gasteiger partial charge in [-0.2, -0.15) is 5.10 Å². The average molecular weight is 231 g/mol. The van der Waals surface area contributed by atoms with E-state index in [9.17, 15) is 4.79 Å². The van der Waals surface area contributed by atoms with Crippen LogP contribution in [0.3, 0.4) is 0 Å². The summed E-state index contributed by atoms with van der Waals surface area (Å²) in [5.74, 6) is -0.992. The SMILES string of the molecule is Cc1cc(C(=O)O)nn1CCc1cccnc1. The molecule has 0 atom stereocenters. The highest BCUT2D eigenvalue weighted by Crippen LogP contribution is 2.05. The second-order valence-electron chi connectivity index (χ2n) is 3.81. The van der Waals surface area contributed by atoms with E-state index in [0.717, 1.165) is 17.7 Å². The maximum Gasteiger partial charge on any atom is 0.356 e. The molecule has 5 nitrogen and oxygen atoms in total. The maximum absolute atomic E-state index is 10.8. The van der Waals surface area contributed by atoms with Crippen molar-refractivity contribution < 1.29 is 9.90 Å². The standard InChI is InChI=1S/C12H13N3O2/c1-9-7-11(12(16)17)14-15(9)6-4-10-3-2-5-13-8-10/h2-3,5,7-8H,4,6H2,1H3,(H,16,17). The third-order valence-electron chi connectivity index (χ3n) is 2.54. The minimum absolute atomic E-state index is 0.0914. The van der Waals surface area contributed by atoms with Gasteiger partial charge in [0.25, 0.3) is 0 Å². The van der Waals surface area contributed by atoms with Gasteiger partial charge in [0.05, 0.1) is 0 Å². The van der Waals surface area contributed by atoms with Crippen molar-refractivity contribution in [3.8, 4) is 0 Å². The largest absolute Gasteiger partial charge is 0.476 e. The third kappa shape index (κ3) is 2.69. The quantitative estimate of drug-likeness (QED) is 0.866. The van der Waals surface area contributed by atoms with Crippen LogP contribution < -0.4 is 0 Å². The Morgan fingerprint density at radius 1 is 1.53 bits per heavy atom. The minimum atomic E-state index is -0.992. The lowest BCUT2D eigenvalue weighted by Crippen LogP contribution is -2.07. The van der Waals surface area contributed by atoms with Crippen molar-refractivity contribution in [3.63, 3.8) is 0 Å². The molecule has 0 aliphatic carbocycles. The van der Waals surface area contributed by atoms with Crippen LogP contribution >= 0.6 is 0 Å². The summed E-state index contributed by atoms with van der Waals surface area (Å²) in [4.78, 5) is 14.8. The molecule has 0 saturated carbocycles. The molecular formula is C12H13N3O2. The number of nitrogens with zero attached hydrogens (tertiary/aromatic N) is 3. The van der Waals surface area contributed by atoms with E-state index in [0.29, 0.717) is 6.54 Å². The van der Waals surface area contributed by atoms with Gasteiger partial charge >= 0.3 is 5.97 Å². The first kappa shape index (κ1) is 11.3. The van der Waals surface area contributed by atoms with Crippen molar-refractivity contribution in [2.45, 2.75) is 19.9 Å². The predicted octanol–water partition coefficient (Wildman–Crippen LogP) is 1.53. The summed E-state index contributed by atoms with van der Waals surface area (Å²) in [5.41, 5.74) is 2.05. The van der Waals surface area contributed by atoms with E-state index in [-0.39, 0.29) is 5.69 Å². The Labute approximate surface area is 98.7 Å². The van der Waals surface area contributed by atoms with Crippen molar-refractivity contribution in [2.75, 3.05) is 0 Å². The summed E-state index contributed by atoms with van der Waals surface area (Å²) in [6, 6.07) is 5.45. The van der Waals surface area contributed by atoms with Gasteiger partial charge in [-0.15, -0.1) is 0 Å². The lowest BCUT2D eigenvalue weighted by molar-refractivity contribution is 0.0689. The number of aryl methyl sites for hydroxylation is 3. The average Bonchev–Trinajstić information content (AvgIpc) is 2.70. The number of carboxylic acids is 1. The smallest absolute Gasteiger partial charge is 0.356 e. The van der Waals surface area contributed by atoms with Crippen LogP contribution in [0.2, 0.25) is 0 Å². The van der Waals surface area contributed by atoms with Gasteiger partial charge in [-0.25, -0.2) is 4.79 Å². The molecule has 0 aromatic carbocycles. The van der Waals surface area contributed by atoms with Gasteiger partial charge in [0, 0.05) is 24.6 Å². The van der Waals surface area contributed by atoms with Crippen LogP contribution in [0, 0.1) is 6.92 Å². The van der Waals surface area contributed by atoms with Crippen molar-refractivity contribution in [1.29, 1.82) is 0 Å². The van der Waals surface area contributed by atoms with E-state index in [4.69, 9.17) is 5.11 Å². The number of hydrogen-bond acceptors (Lipinski definition) is 3. The van der Waals surface area contributed by atoms with Gasteiger partial charge in [-0.1, -0.05) is 6.07 Å². The van der Waals surface area contributed by atoms with Crippen molar-refractivity contribution in [1.82, 2.24) is 14.8 Å². The lowest BCUT2D eigenvalue weighted by atomic mass is 10.2. The molecule has 2 aromatic rings. The van der Waals surface area contributed by atoms with E-state index < -0.39 is 5.97 Å². The Kier molecular flexibility index (Phi) is 3.18. The van der Waals surface area contributed by atoms with Gasteiger partial charge in [-0.05, 0) is 31.0 Å². The zero-order chi connectivity index (χ0) is 12.3. The molecule has 0 fully saturated rings. The molecule has 2 heterocycles. The minimum Gasteiger partial charge on any atom is -0.476 e. The molecule has 0 bridgehead atoms. The summed E-state index contributed by atoms with van der Waals surface area (Å²) in [6.45, 7) is 2.51. The number of carboxylic acid groups (broad SMARTS) is 1. The molecule has 0 radical (unpaired) electrons. The van der Waals surface area contributed by atoms with Crippen molar-refractivity contribution in [2.24, 2.45) is 0 Å². The molecule has 0 amide bonds. The Balaban J connectivity index is 2.07. The zero-order valence-corrected chi connectivity index (χ0v) is 9.50. The number of rotatable bonds is 4. The van der Waals surface area contributed by atoms with Gasteiger partial charge in [0.2, 0.25) is 0 Å². The van der Waals surface area contributed by atoms with E-state index in [1.807, 2.05) is 19.1 Å². The molecule has 0 aliphatic heterocycles. The second-order valence-corrected chi connectivity index (χ2v) is 3.81. The van der Waals surface area contributed by atoms with Crippen LogP contribution in [-0.2, 0) is 13.0 Å². The van der Waals surface area contributed by atoms with Gasteiger partial charge in [0.15, 0.2) is 5.69 Å². The molecule has 0 unspecified atom stereocenters. The Morgan fingerprint density at radius 3 is 2.94 bits per heavy atom. The van der Waals surface area contributed by atoms with Crippen molar-refractivity contribution >= 4 is 5.97 Å². The van der Waals surface area contributed by atoms with E-state index in [1.165, 1.54) is 0 Å². The second kappa shape index (κ2) is 4.78. The van der Waals surface area contributed by atoms with Crippen LogP contribution in [0.5, 0.6) is 0 Å². The molecule has 0 aliphatic rings. The predicted molar refractivity (Wildman–Crippen MR) is 61.9 cm³/mol. The molecule has 0 spiro atoms. The highest BCUT2D eigenvalue weighted by molar-refractivity contribution is 5.85. The van der Waals surface area contributed by atoms with Gasteiger partial charge in [-0.3, -0.25) is 9.67 Å². The zero-order valence-electron chi connectivity index (χ0n) is 9.50. The summed E-state index contributed by atoms with van der Waals surface area (Å²) < 4.78 is 1.70. The van der Waals surface area contributed by atoms with Crippen LogP contribution in [0.4, 0.5) is 0 Å². The molecule has 2 rings (SSSR count). The molecule has 1 N–H and O–H groups in total. The molecule has 2 aromatic heterocycles. The van der Waals surface area contributed by atoms with E-state index in [2.05, 4.69) is 10.1 Å². The Hall–Kier alpha value is -2.17. The summed E-state index contributed by atoms with van der Waals surface area (Å²) in [5, 5.41) is 12.8. The topological polar surface area (TPSA) is 68.0 Å². The monoisotopic (exact) mass is 231 g/mol. The molecule has 17 heavy (non-hydrogen) atoms. The number of aromatic nitrogens is 3. The van der Waals surface area contributed by atoms with Crippen LogP contribution in [0.1, 0.15) is 21.7 Å². The Bertz CT molecular complexity index is 520. The number of hydrogen-bond donors (Lipinski definition) is 1. The first-order valence-electron chi connectivity index (χ1n) is 5.33. The number of pyridine rings is 1. The normalized spacial score (nSPS) is 10.4. The fraction of sp³-hybridized carbons (Fsp3) is 0.250. The van der Waals surface area contributed by atoms with Crippen LogP contribution in [-0.4, -0.2) is 25.8 Å². The third-order valence-corrected chi connectivity index (χ3v) is 2.54. The van der Waals surface area contributed by atoms with Crippen LogP contribution in [0.15, 0.2) is 30.6 Å². The number of carbonyl (C=O) groups is 1. The highest BCUT2D eigenvalue weighted by atomic mass is 16.4. The molecule has 5 heteroatoms. The van der Waals surface area contributed by atoms with E-state index >= 15 is 0 Å². The fourth-order valence-corrected chi connectivity index (χ4v) is 1.62. The molecule has 0 saturated heterocycles. The summed E-state index contributed by atoms with van der Waals surface area (Å²) in [6.07, 6.45) is 4.32. The maximum atomic E-state index is 10.8. The first-order valence-corrected chi connectivity index (χ1v) is 5.33. The summed E-state index contributed by atoms with van der Waals surface area (Å²) in [7, 11) is 0.